The Bertz CT molecular complexity index is 394. The molecule has 5 nitrogen and oxygen atoms in total. The molecule has 0 aromatic heterocycles. The maximum atomic E-state index is 11.3. The van der Waals surface area contributed by atoms with E-state index in [1.807, 2.05) is 0 Å². The van der Waals surface area contributed by atoms with Gasteiger partial charge in [0.1, 0.15) is 0 Å². The van der Waals surface area contributed by atoms with Gasteiger partial charge >= 0.3 is 0 Å². The number of nitrogens with zero attached hydrogens (tertiary/aromatic N) is 1. The molecule has 0 aliphatic heterocycles. The number of carbonyl (C=O) groups excluding carboxylic acids is 1. The smallest absolute Gasteiger partial charge is 0.276 e. The predicted molar refractivity (Wildman–Crippen MR) is 53.6 cm³/mol. The minimum atomic E-state index is -0.788. The molecule has 15 heavy (non-hydrogen) atoms. The Hall–Kier alpha value is -2.17. The van der Waals surface area contributed by atoms with Crippen LogP contribution in [-0.4, -0.2) is 5.91 Å². The van der Waals surface area contributed by atoms with Crippen molar-refractivity contribution < 1.29 is 9.90 Å². The molecule has 0 aliphatic carbocycles. The maximum Gasteiger partial charge on any atom is 0.276 e. The Balaban J connectivity index is 2.81. The Labute approximate surface area is 86.4 Å². The van der Waals surface area contributed by atoms with Crippen molar-refractivity contribution in [2.24, 2.45) is 5.18 Å². The molecule has 0 atom stereocenters. The van der Waals surface area contributed by atoms with E-state index in [1.54, 1.807) is 30.3 Å². The molecule has 0 unspecified atom stereocenters. The molecule has 1 rings (SSSR count). The number of allylic oxidation sites excluding steroid dienone is 1. The van der Waals surface area contributed by atoms with Crippen molar-refractivity contribution in [3.05, 3.63) is 46.7 Å². The van der Waals surface area contributed by atoms with Crippen LogP contribution < -0.4 is 10.4 Å². The first-order chi connectivity index (χ1) is 7.15. The van der Waals surface area contributed by atoms with Gasteiger partial charge in [0.15, 0.2) is 5.70 Å². The van der Waals surface area contributed by atoms with Crippen molar-refractivity contribution in [1.82, 2.24) is 0 Å². The fourth-order valence-corrected chi connectivity index (χ4v) is 0.977. The monoisotopic (exact) mass is 205 g/mol. The summed E-state index contributed by atoms with van der Waals surface area (Å²) in [6.45, 7) is 1.11. The highest BCUT2D eigenvalue weighted by molar-refractivity contribution is 6.03. The molecule has 0 saturated carbocycles. The van der Waals surface area contributed by atoms with Gasteiger partial charge in [-0.05, 0) is 17.3 Å². The lowest BCUT2D eigenvalue weighted by Crippen LogP contribution is -2.17. The van der Waals surface area contributed by atoms with E-state index >= 15 is 0 Å². The van der Waals surface area contributed by atoms with Gasteiger partial charge in [-0.1, -0.05) is 30.9 Å². The molecular weight excluding hydrogens is 196 g/mol. The van der Waals surface area contributed by atoms with Gasteiger partial charge in [-0.2, -0.15) is 0 Å². The van der Waals surface area contributed by atoms with E-state index in [4.69, 9.17) is 0 Å². The summed E-state index contributed by atoms with van der Waals surface area (Å²) in [5, 5.41) is 15.6. The second-order valence-corrected chi connectivity index (χ2v) is 2.82. The molecule has 1 aromatic rings. The van der Waals surface area contributed by atoms with Crippen LogP contribution in [-0.2, 0) is 4.79 Å². The molecule has 0 fully saturated rings. The fraction of sp³-hybridized carbons (Fsp3) is 0.100. The highest BCUT2D eigenvalue weighted by atomic mass is 16.3. The van der Waals surface area contributed by atoms with Crippen LogP contribution in [0.1, 0.15) is 6.92 Å². The zero-order valence-electron chi connectivity index (χ0n) is 8.06. The summed E-state index contributed by atoms with van der Waals surface area (Å²) in [4.78, 5) is 21.5. The number of para-hydroxylation sites is 1. The zero-order chi connectivity index (χ0) is 11.3. The summed E-state index contributed by atoms with van der Waals surface area (Å²) in [6, 6.07) is 8.50. The molecule has 0 radical (unpaired) electrons. The predicted octanol–water partition coefficient (Wildman–Crippen LogP) is 0.983. The van der Waals surface area contributed by atoms with E-state index < -0.39 is 17.4 Å². The summed E-state index contributed by atoms with van der Waals surface area (Å²) >= 11 is 0. The van der Waals surface area contributed by atoms with Gasteiger partial charge in [-0.3, -0.25) is 4.79 Å². The average molecular weight is 205 g/mol. The molecule has 78 valence electrons. The Morgan fingerprint density at radius 3 is 2.40 bits per heavy atom. The Morgan fingerprint density at radius 2 is 1.93 bits per heavy atom. The van der Waals surface area contributed by atoms with Crippen molar-refractivity contribution in [1.29, 1.82) is 0 Å². The van der Waals surface area contributed by atoms with Gasteiger partial charge in [-0.25, -0.2) is 0 Å². The van der Waals surface area contributed by atoms with Crippen molar-refractivity contribution in [2.75, 3.05) is 5.32 Å². The van der Waals surface area contributed by atoms with Crippen LogP contribution in [0.15, 0.2) is 47.0 Å². The van der Waals surface area contributed by atoms with Gasteiger partial charge in [0.25, 0.3) is 5.91 Å². The second-order valence-electron chi connectivity index (χ2n) is 2.82. The minimum absolute atomic E-state index is 0.505. The number of hydrogen-bond donors (Lipinski definition) is 1. The maximum absolute atomic E-state index is 11.3. The lowest BCUT2D eigenvalue weighted by atomic mass is 10.3. The number of hydrogen-bond acceptors (Lipinski definition) is 4. The molecule has 0 spiro atoms. The van der Waals surface area contributed by atoms with Crippen molar-refractivity contribution >= 4 is 11.6 Å². The quantitative estimate of drug-likeness (QED) is 0.453. The van der Waals surface area contributed by atoms with Gasteiger partial charge in [-0.15, -0.1) is 4.91 Å². The van der Waals surface area contributed by atoms with Crippen LogP contribution in [0, 0.1) is 4.91 Å². The summed E-state index contributed by atoms with van der Waals surface area (Å²) in [5.41, 5.74) is -0.122. The van der Waals surface area contributed by atoms with Crippen LogP contribution in [0.5, 0.6) is 0 Å². The molecular formula is C10H9N2O3-. The number of nitroso groups, excluding NO2 is 1. The third-order valence-corrected chi connectivity index (χ3v) is 1.67. The SMILES string of the molecule is C/C([O-])=C(/N=O)C(=O)Nc1ccccc1. The first-order valence-corrected chi connectivity index (χ1v) is 4.23. The van der Waals surface area contributed by atoms with Gasteiger partial charge in [0.05, 0.1) is 0 Å². The lowest BCUT2D eigenvalue weighted by molar-refractivity contribution is -0.303. The summed E-state index contributed by atoms with van der Waals surface area (Å²) < 4.78 is 0. The Morgan fingerprint density at radius 1 is 1.33 bits per heavy atom. The third-order valence-electron chi connectivity index (χ3n) is 1.67. The van der Waals surface area contributed by atoms with Crippen LogP contribution in [0.2, 0.25) is 0 Å². The second kappa shape index (κ2) is 4.90. The highest BCUT2D eigenvalue weighted by Crippen LogP contribution is 2.08. The molecule has 1 amide bonds. The fourth-order valence-electron chi connectivity index (χ4n) is 0.977. The average Bonchev–Trinajstić information content (AvgIpc) is 2.19. The van der Waals surface area contributed by atoms with E-state index in [-0.39, 0.29) is 0 Å². The lowest BCUT2D eigenvalue weighted by Gasteiger charge is -2.08. The molecule has 0 bridgehead atoms. The molecule has 0 aliphatic rings. The summed E-state index contributed by atoms with van der Waals surface area (Å²) in [6.07, 6.45) is 0. The summed E-state index contributed by atoms with van der Waals surface area (Å²) in [5.74, 6) is -1.44. The summed E-state index contributed by atoms with van der Waals surface area (Å²) in [7, 11) is 0. The molecule has 1 N–H and O–H groups in total. The van der Waals surface area contributed by atoms with Crippen molar-refractivity contribution in [3.63, 3.8) is 0 Å². The van der Waals surface area contributed by atoms with Crippen molar-refractivity contribution in [3.8, 4) is 0 Å². The van der Waals surface area contributed by atoms with Crippen molar-refractivity contribution in [2.45, 2.75) is 6.92 Å². The van der Waals surface area contributed by atoms with E-state index in [1.165, 1.54) is 0 Å². The minimum Gasteiger partial charge on any atom is -0.874 e. The van der Waals surface area contributed by atoms with E-state index in [9.17, 15) is 14.8 Å². The molecule has 5 heteroatoms. The molecule has 0 saturated heterocycles. The van der Waals surface area contributed by atoms with Crippen LogP contribution >= 0.6 is 0 Å². The topological polar surface area (TPSA) is 81.6 Å². The number of anilines is 1. The number of benzene rings is 1. The third kappa shape index (κ3) is 2.91. The van der Waals surface area contributed by atoms with E-state index in [0.29, 0.717) is 5.69 Å². The highest BCUT2D eigenvalue weighted by Gasteiger charge is 2.09. The van der Waals surface area contributed by atoms with E-state index in [2.05, 4.69) is 10.5 Å². The number of rotatable bonds is 3. The largest absolute Gasteiger partial charge is 0.874 e. The van der Waals surface area contributed by atoms with Gasteiger partial charge in [0.2, 0.25) is 0 Å². The van der Waals surface area contributed by atoms with Crippen LogP contribution in [0.25, 0.3) is 0 Å². The first kappa shape index (κ1) is 10.9. The molecule has 1 aromatic carbocycles. The van der Waals surface area contributed by atoms with Crippen LogP contribution in [0.4, 0.5) is 5.69 Å². The molecule has 0 heterocycles. The number of nitrogens with one attached hydrogen (secondary N) is 1. The normalized spacial score (nSPS) is 11.5. The first-order valence-electron chi connectivity index (χ1n) is 4.23. The van der Waals surface area contributed by atoms with Crippen LogP contribution in [0.3, 0.4) is 0 Å². The zero-order valence-corrected chi connectivity index (χ0v) is 8.06. The van der Waals surface area contributed by atoms with E-state index in [0.717, 1.165) is 6.92 Å². The van der Waals surface area contributed by atoms with Gasteiger partial charge in [0, 0.05) is 5.69 Å². The number of carbonyl (C=O) groups is 1. The standard InChI is InChI=1S/C10H10N2O3/c1-7(13)9(12-15)10(14)11-8-5-3-2-4-6-8/h2-6,13H,1H3,(H,11,14)/p-1/b9-7-. The Kier molecular flexibility index (Phi) is 3.56. The number of amides is 1. The van der Waals surface area contributed by atoms with Gasteiger partial charge < -0.3 is 10.4 Å².